The van der Waals surface area contributed by atoms with Crippen LogP contribution < -0.4 is 4.74 Å². The predicted molar refractivity (Wildman–Crippen MR) is 47.1 cm³/mol. The molecule has 0 radical (unpaired) electrons. The number of nitrogens with zero attached hydrogens (tertiary/aromatic N) is 1. The minimum Gasteiger partial charge on any atom is -0.496 e. The van der Waals surface area contributed by atoms with Crippen LogP contribution in [0.4, 0.5) is 8.78 Å². The van der Waals surface area contributed by atoms with E-state index in [4.69, 9.17) is 9.84 Å². The zero-order valence-corrected chi connectivity index (χ0v) is 7.91. The Morgan fingerprint density at radius 2 is 2.33 bits per heavy atom. The van der Waals surface area contributed by atoms with Gasteiger partial charge in [-0.05, 0) is 6.07 Å². The molecular weight excluding hydrogens is 208 g/mol. The van der Waals surface area contributed by atoms with Gasteiger partial charge in [0.15, 0.2) is 0 Å². The lowest BCUT2D eigenvalue weighted by molar-refractivity contribution is -0.136. The van der Waals surface area contributed by atoms with Crippen molar-refractivity contribution in [3.63, 3.8) is 0 Å². The second-order valence-corrected chi connectivity index (χ2v) is 2.75. The number of carboxylic acids is 1. The van der Waals surface area contributed by atoms with Crippen molar-refractivity contribution in [2.45, 2.75) is 12.8 Å². The Hall–Kier alpha value is -1.72. The van der Waals surface area contributed by atoms with Gasteiger partial charge >= 0.3 is 5.97 Å². The minimum atomic E-state index is -2.81. The van der Waals surface area contributed by atoms with Gasteiger partial charge in [-0.3, -0.25) is 9.78 Å². The number of pyridine rings is 1. The van der Waals surface area contributed by atoms with Gasteiger partial charge in [-0.1, -0.05) is 0 Å². The van der Waals surface area contributed by atoms with Crippen LogP contribution in [0.1, 0.15) is 17.7 Å². The van der Waals surface area contributed by atoms with Crippen molar-refractivity contribution >= 4 is 5.97 Å². The number of hydrogen-bond donors (Lipinski definition) is 1. The lowest BCUT2D eigenvalue weighted by atomic mass is 10.1. The van der Waals surface area contributed by atoms with E-state index in [-0.39, 0.29) is 11.3 Å². The van der Waals surface area contributed by atoms with Gasteiger partial charge in [0.25, 0.3) is 6.43 Å². The molecule has 1 heterocycles. The molecule has 1 rings (SSSR count). The molecule has 15 heavy (non-hydrogen) atoms. The van der Waals surface area contributed by atoms with Gasteiger partial charge in [0.1, 0.15) is 11.4 Å². The fourth-order valence-corrected chi connectivity index (χ4v) is 1.20. The Bertz CT molecular complexity index is 368. The third kappa shape index (κ3) is 2.61. The van der Waals surface area contributed by atoms with Crippen LogP contribution in [0.5, 0.6) is 5.75 Å². The van der Waals surface area contributed by atoms with Crippen molar-refractivity contribution in [1.82, 2.24) is 4.98 Å². The number of carboxylic acid groups (broad SMARTS) is 1. The third-order valence-electron chi connectivity index (χ3n) is 1.80. The zero-order chi connectivity index (χ0) is 11.4. The highest BCUT2D eigenvalue weighted by Crippen LogP contribution is 2.28. The summed E-state index contributed by atoms with van der Waals surface area (Å²) in [5, 5.41) is 8.56. The van der Waals surface area contributed by atoms with E-state index in [0.29, 0.717) is 0 Å². The van der Waals surface area contributed by atoms with Gasteiger partial charge in [-0.15, -0.1) is 0 Å². The maximum atomic E-state index is 12.5. The van der Waals surface area contributed by atoms with Gasteiger partial charge in [-0.2, -0.15) is 0 Å². The molecule has 0 atom stereocenters. The summed E-state index contributed by atoms with van der Waals surface area (Å²) in [6.45, 7) is 0. The third-order valence-corrected chi connectivity index (χ3v) is 1.80. The van der Waals surface area contributed by atoms with E-state index in [1.807, 2.05) is 0 Å². The summed E-state index contributed by atoms with van der Waals surface area (Å²) in [4.78, 5) is 13.9. The van der Waals surface area contributed by atoms with Crippen molar-refractivity contribution < 1.29 is 23.4 Å². The Balaban J connectivity index is 3.20. The monoisotopic (exact) mass is 217 g/mol. The molecule has 0 fully saturated rings. The molecule has 0 aliphatic heterocycles. The molecule has 4 nitrogen and oxygen atoms in total. The second-order valence-electron chi connectivity index (χ2n) is 2.75. The zero-order valence-electron chi connectivity index (χ0n) is 7.91. The highest BCUT2D eigenvalue weighted by molar-refractivity contribution is 5.71. The summed E-state index contributed by atoms with van der Waals surface area (Å²) < 4.78 is 29.8. The van der Waals surface area contributed by atoms with Crippen LogP contribution in [0, 0.1) is 0 Å². The summed E-state index contributed by atoms with van der Waals surface area (Å²) in [6, 6.07) is 1.35. The van der Waals surface area contributed by atoms with Crippen molar-refractivity contribution in [2.75, 3.05) is 7.11 Å². The molecular formula is C9H9F2NO3. The Kier molecular flexibility index (Phi) is 3.54. The van der Waals surface area contributed by atoms with Crippen molar-refractivity contribution in [3.05, 3.63) is 23.5 Å². The molecule has 0 aromatic carbocycles. The SMILES string of the molecule is COc1ccnc(C(F)F)c1CC(=O)O. The number of methoxy groups -OCH3 is 1. The van der Waals surface area contributed by atoms with Crippen molar-refractivity contribution in [2.24, 2.45) is 0 Å². The number of rotatable bonds is 4. The molecule has 0 unspecified atom stereocenters. The maximum absolute atomic E-state index is 12.5. The van der Waals surface area contributed by atoms with E-state index in [9.17, 15) is 13.6 Å². The van der Waals surface area contributed by atoms with Crippen LogP contribution in [-0.2, 0) is 11.2 Å². The summed E-state index contributed by atoms with van der Waals surface area (Å²) in [7, 11) is 1.29. The Labute approximate surface area is 84.5 Å². The van der Waals surface area contributed by atoms with Crippen LogP contribution >= 0.6 is 0 Å². The molecule has 82 valence electrons. The highest BCUT2D eigenvalue weighted by atomic mass is 19.3. The first-order chi connectivity index (χ1) is 7.06. The van der Waals surface area contributed by atoms with E-state index in [2.05, 4.69) is 4.98 Å². The molecule has 1 aromatic rings. The number of alkyl halides is 2. The normalized spacial score (nSPS) is 10.4. The van der Waals surface area contributed by atoms with Crippen LogP contribution in [0.3, 0.4) is 0 Å². The molecule has 1 aromatic heterocycles. The van der Waals surface area contributed by atoms with E-state index in [1.54, 1.807) is 0 Å². The van der Waals surface area contributed by atoms with Crippen LogP contribution in [0.15, 0.2) is 12.3 Å². The maximum Gasteiger partial charge on any atom is 0.308 e. The van der Waals surface area contributed by atoms with E-state index < -0.39 is 24.5 Å². The molecule has 6 heteroatoms. The molecule has 0 saturated heterocycles. The van der Waals surface area contributed by atoms with Gasteiger partial charge in [0.05, 0.1) is 13.5 Å². The standard InChI is InChI=1S/C9H9F2NO3/c1-15-6-2-3-12-8(9(10)11)5(6)4-7(13)14/h2-3,9H,4H2,1H3,(H,13,14). The number of hydrogen-bond acceptors (Lipinski definition) is 3. The van der Waals surface area contributed by atoms with E-state index >= 15 is 0 Å². The van der Waals surface area contributed by atoms with Gasteiger partial charge in [0.2, 0.25) is 0 Å². The van der Waals surface area contributed by atoms with Crippen molar-refractivity contribution in [1.29, 1.82) is 0 Å². The average Bonchev–Trinajstić information content (AvgIpc) is 2.16. The first-order valence-corrected chi connectivity index (χ1v) is 4.08. The molecule has 0 spiro atoms. The lowest BCUT2D eigenvalue weighted by Crippen LogP contribution is -2.07. The molecule has 1 N–H and O–H groups in total. The topological polar surface area (TPSA) is 59.4 Å². The van der Waals surface area contributed by atoms with Gasteiger partial charge < -0.3 is 9.84 Å². The second kappa shape index (κ2) is 4.68. The van der Waals surface area contributed by atoms with Crippen LogP contribution in [-0.4, -0.2) is 23.2 Å². The highest BCUT2D eigenvalue weighted by Gasteiger charge is 2.20. The number of halogens is 2. The smallest absolute Gasteiger partial charge is 0.308 e. The quantitative estimate of drug-likeness (QED) is 0.833. The first kappa shape index (κ1) is 11.4. The summed E-state index contributed by atoms with van der Waals surface area (Å²) in [6.07, 6.45) is -2.18. The van der Waals surface area contributed by atoms with Crippen LogP contribution in [0.2, 0.25) is 0 Å². The molecule has 0 aliphatic carbocycles. The van der Waals surface area contributed by atoms with Crippen molar-refractivity contribution in [3.8, 4) is 5.75 Å². The van der Waals surface area contributed by atoms with Crippen LogP contribution in [0.25, 0.3) is 0 Å². The summed E-state index contributed by atoms with van der Waals surface area (Å²) in [5.74, 6) is -1.09. The number of aliphatic carboxylic acids is 1. The molecule has 0 saturated carbocycles. The lowest BCUT2D eigenvalue weighted by Gasteiger charge is -2.10. The fourth-order valence-electron chi connectivity index (χ4n) is 1.20. The van der Waals surface area contributed by atoms with E-state index in [0.717, 1.165) is 6.20 Å². The average molecular weight is 217 g/mol. The Morgan fingerprint density at radius 3 is 2.80 bits per heavy atom. The summed E-state index contributed by atoms with van der Waals surface area (Å²) >= 11 is 0. The van der Waals surface area contributed by atoms with Gasteiger partial charge in [0, 0.05) is 11.8 Å². The molecule has 0 bridgehead atoms. The van der Waals surface area contributed by atoms with E-state index in [1.165, 1.54) is 13.2 Å². The fraction of sp³-hybridized carbons (Fsp3) is 0.333. The molecule has 0 aliphatic rings. The number of ether oxygens (including phenoxy) is 1. The Morgan fingerprint density at radius 1 is 1.67 bits per heavy atom. The predicted octanol–water partition coefficient (Wildman–Crippen LogP) is 1.65. The summed E-state index contributed by atoms with van der Waals surface area (Å²) in [5.41, 5.74) is -0.626. The molecule has 0 amide bonds. The number of aromatic nitrogens is 1. The largest absolute Gasteiger partial charge is 0.496 e. The number of carbonyl (C=O) groups is 1. The van der Waals surface area contributed by atoms with Gasteiger partial charge in [-0.25, -0.2) is 8.78 Å². The minimum absolute atomic E-state index is 0.0810. The first-order valence-electron chi connectivity index (χ1n) is 4.08.